The highest BCUT2D eigenvalue weighted by Gasteiger charge is 2.22. The number of aromatic nitrogens is 2. The molecule has 3 heteroatoms. The fraction of sp³-hybridized carbons (Fsp3) is 0.400. The molecule has 1 aliphatic rings. The minimum absolute atomic E-state index is 0.386. The Morgan fingerprint density at radius 1 is 0.964 bits per heavy atom. The van der Waals surface area contributed by atoms with Gasteiger partial charge >= 0.3 is 0 Å². The molecule has 0 amide bonds. The van der Waals surface area contributed by atoms with Crippen molar-refractivity contribution in [2.45, 2.75) is 61.6 Å². The Hall–Kier alpha value is -2.00. The van der Waals surface area contributed by atoms with Crippen molar-refractivity contribution in [2.75, 3.05) is 0 Å². The van der Waals surface area contributed by atoms with Gasteiger partial charge in [0.25, 0.3) is 0 Å². The topological polar surface area (TPSA) is 17.8 Å². The number of hydrogen-bond donors (Lipinski definition) is 0. The SMILES string of the molecule is CC(Cn1ccnc1)C(c1ccccc1)c1ccc(SC2CCCCC2)cc1. The average Bonchev–Trinajstić information content (AvgIpc) is 3.24. The molecule has 1 aromatic heterocycles. The first-order chi connectivity index (χ1) is 13.8. The van der Waals surface area contributed by atoms with E-state index in [2.05, 4.69) is 89.0 Å². The molecule has 1 fully saturated rings. The van der Waals surface area contributed by atoms with Crippen LogP contribution >= 0.6 is 11.8 Å². The maximum Gasteiger partial charge on any atom is 0.0946 e. The van der Waals surface area contributed by atoms with E-state index in [4.69, 9.17) is 0 Å². The predicted molar refractivity (Wildman–Crippen MR) is 119 cm³/mol. The van der Waals surface area contributed by atoms with Crippen molar-refractivity contribution in [3.05, 3.63) is 84.4 Å². The molecule has 3 aromatic rings. The Labute approximate surface area is 173 Å². The van der Waals surface area contributed by atoms with Gasteiger partial charge < -0.3 is 4.57 Å². The number of nitrogens with zero attached hydrogens (tertiary/aromatic N) is 2. The van der Waals surface area contributed by atoms with Crippen molar-refractivity contribution in [1.29, 1.82) is 0 Å². The number of imidazole rings is 1. The van der Waals surface area contributed by atoms with E-state index >= 15 is 0 Å². The van der Waals surface area contributed by atoms with E-state index in [1.54, 1.807) is 0 Å². The van der Waals surface area contributed by atoms with Gasteiger partial charge in [0.05, 0.1) is 6.33 Å². The molecule has 0 aliphatic heterocycles. The van der Waals surface area contributed by atoms with Gasteiger partial charge in [-0.1, -0.05) is 68.7 Å². The summed E-state index contributed by atoms with van der Waals surface area (Å²) in [6, 6.07) is 20.3. The van der Waals surface area contributed by atoms with Gasteiger partial charge in [0.2, 0.25) is 0 Å². The molecule has 2 unspecified atom stereocenters. The minimum atomic E-state index is 0.386. The average molecular weight is 391 g/mol. The first-order valence-electron chi connectivity index (χ1n) is 10.6. The molecule has 0 spiro atoms. The first-order valence-corrected chi connectivity index (χ1v) is 11.4. The zero-order valence-corrected chi connectivity index (χ0v) is 17.5. The van der Waals surface area contributed by atoms with E-state index in [0.717, 1.165) is 11.8 Å². The zero-order chi connectivity index (χ0) is 19.2. The van der Waals surface area contributed by atoms with Gasteiger partial charge in [0, 0.05) is 35.0 Å². The Morgan fingerprint density at radius 3 is 2.36 bits per heavy atom. The van der Waals surface area contributed by atoms with Crippen molar-refractivity contribution < 1.29 is 0 Å². The number of rotatable bonds is 7. The summed E-state index contributed by atoms with van der Waals surface area (Å²) in [6.07, 6.45) is 12.8. The van der Waals surface area contributed by atoms with Gasteiger partial charge in [-0.3, -0.25) is 0 Å². The zero-order valence-electron chi connectivity index (χ0n) is 16.7. The highest BCUT2D eigenvalue weighted by molar-refractivity contribution is 8.00. The smallest absolute Gasteiger partial charge is 0.0946 e. The minimum Gasteiger partial charge on any atom is -0.337 e. The molecule has 2 atom stereocenters. The van der Waals surface area contributed by atoms with Gasteiger partial charge in [-0.25, -0.2) is 4.98 Å². The van der Waals surface area contributed by atoms with Crippen molar-refractivity contribution >= 4 is 11.8 Å². The lowest BCUT2D eigenvalue weighted by molar-refractivity contribution is 0.434. The lowest BCUT2D eigenvalue weighted by Gasteiger charge is -2.26. The van der Waals surface area contributed by atoms with Crippen LogP contribution in [0.2, 0.25) is 0 Å². The largest absolute Gasteiger partial charge is 0.337 e. The van der Waals surface area contributed by atoms with E-state index in [1.165, 1.54) is 48.1 Å². The van der Waals surface area contributed by atoms with Gasteiger partial charge in [0.1, 0.15) is 0 Å². The van der Waals surface area contributed by atoms with E-state index in [9.17, 15) is 0 Å². The summed E-state index contributed by atoms with van der Waals surface area (Å²) in [7, 11) is 0. The van der Waals surface area contributed by atoms with Crippen molar-refractivity contribution in [2.24, 2.45) is 5.92 Å². The Balaban J connectivity index is 1.53. The Bertz CT molecular complexity index is 821. The molecule has 1 aliphatic carbocycles. The fourth-order valence-corrected chi connectivity index (χ4v) is 5.72. The second kappa shape index (κ2) is 9.47. The standard InChI is InChI=1S/C25H30N2S/c1-20(18-27-17-16-26-19-27)25(21-8-4-2-5-9-21)22-12-14-24(15-13-22)28-23-10-6-3-7-11-23/h2,4-5,8-9,12-17,19-20,23,25H,3,6-7,10-11,18H2,1H3. The molecule has 1 heterocycles. The summed E-state index contributed by atoms with van der Waals surface area (Å²) < 4.78 is 2.19. The number of thioether (sulfide) groups is 1. The Kier molecular flexibility index (Phi) is 6.53. The summed E-state index contributed by atoms with van der Waals surface area (Å²) in [5.41, 5.74) is 2.80. The third-order valence-electron chi connectivity index (χ3n) is 5.88. The monoisotopic (exact) mass is 390 g/mol. The normalized spacial score (nSPS) is 17.3. The molecule has 28 heavy (non-hydrogen) atoms. The maximum atomic E-state index is 4.21. The molecule has 4 rings (SSSR count). The molecule has 2 nitrogen and oxygen atoms in total. The van der Waals surface area contributed by atoms with E-state index < -0.39 is 0 Å². The van der Waals surface area contributed by atoms with Crippen LogP contribution in [0.4, 0.5) is 0 Å². The van der Waals surface area contributed by atoms with Gasteiger partial charge in [-0.05, 0) is 42.0 Å². The van der Waals surface area contributed by atoms with Crippen LogP contribution in [0.15, 0.2) is 78.2 Å². The number of hydrogen-bond acceptors (Lipinski definition) is 2. The van der Waals surface area contributed by atoms with E-state index in [0.29, 0.717) is 11.8 Å². The maximum absolute atomic E-state index is 4.21. The van der Waals surface area contributed by atoms with Crippen molar-refractivity contribution in [3.8, 4) is 0 Å². The molecule has 0 N–H and O–H groups in total. The lowest BCUT2D eigenvalue weighted by atomic mass is 9.81. The van der Waals surface area contributed by atoms with Crippen molar-refractivity contribution in [1.82, 2.24) is 9.55 Å². The van der Waals surface area contributed by atoms with Crippen LogP contribution < -0.4 is 0 Å². The molecule has 0 radical (unpaired) electrons. The summed E-state index contributed by atoms with van der Waals surface area (Å²) >= 11 is 2.08. The molecule has 0 bridgehead atoms. The summed E-state index contributed by atoms with van der Waals surface area (Å²) in [5.74, 6) is 0.866. The predicted octanol–water partition coefficient (Wildman–Crippen LogP) is 6.78. The van der Waals surface area contributed by atoms with Crippen LogP contribution in [0.25, 0.3) is 0 Å². The van der Waals surface area contributed by atoms with E-state index in [1.807, 2.05) is 12.5 Å². The lowest BCUT2D eigenvalue weighted by Crippen LogP contribution is -2.17. The quantitative estimate of drug-likeness (QED) is 0.443. The highest BCUT2D eigenvalue weighted by atomic mass is 32.2. The van der Waals surface area contributed by atoms with Crippen LogP contribution in [0, 0.1) is 5.92 Å². The van der Waals surface area contributed by atoms with Gasteiger partial charge in [0.15, 0.2) is 0 Å². The van der Waals surface area contributed by atoms with Gasteiger partial charge in [-0.15, -0.1) is 11.8 Å². The molecule has 1 saturated carbocycles. The molecular formula is C25H30N2S. The van der Waals surface area contributed by atoms with Crippen molar-refractivity contribution in [3.63, 3.8) is 0 Å². The fourth-order valence-electron chi connectivity index (χ4n) is 4.47. The van der Waals surface area contributed by atoms with Crippen LogP contribution in [0.3, 0.4) is 0 Å². The summed E-state index contributed by atoms with van der Waals surface area (Å²) in [4.78, 5) is 5.63. The second-order valence-corrected chi connectivity index (χ2v) is 9.45. The summed E-state index contributed by atoms with van der Waals surface area (Å²) in [6.45, 7) is 3.32. The highest BCUT2D eigenvalue weighted by Crippen LogP contribution is 2.37. The summed E-state index contributed by atoms with van der Waals surface area (Å²) in [5, 5.41) is 0.810. The van der Waals surface area contributed by atoms with Crippen LogP contribution in [0.5, 0.6) is 0 Å². The Morgan fingerprint density at radius 2 is 1.68 bits per heavy atom. The third-order valence-corrected chi connectivity index (χ3v) is 7.23. The molecule has 146 valence electrons. The van der Waals surface area contributed by atoms with E-state index in [-0.39, 0.29) is 0 Å². The van der Waals surface area contributed by atoms with Crippen LogP contribution in [-0.4, -0.2) is 14.8 Å². The molecular weight excluding hydrogens is 360 g/mol. The third kappa shape index (κ3) is 4.88. The van der Waals surface area contributed by atoms with Crippen LogP contribution in [-0.2, 0) is 6.54 Å². The molecule has 2 aromatic carbocycles. The van der Waals surface area contributed by atoms with Crippen LogP contribution in [0.1, 0.15) is 56.1 Å². The van der Waals surface area contributed by atoms with Gasteiger partial charge in [-0.2, -0.15) is 0 Å². The second-order valence-electron chi connectivity index (χ2n) is 8.07. The first kappa shape index (κ1) is 19.3. The molecule has 0 saturated heterocycles. The number of benzene rings is 2.